The summed E-state index contributed by atoms with van der Waals surface area (Å²) in [6.45, 7) is 6.72. The highest BCUT2D eigenvalue weighted by Gasteiger charge is 2.21. The van der Waals surface area contributed by atoms with Crippen molar-refractivity contribution >= 4 is 0 Å². The second-order valence-electron chi connectivity index (χ2n) is 6.67. The van der Waals surface area contributed by atoms with Crippen molar-refractivity contribution in [3.8, 4) is 0 Å². The summed E-state index contributed by atoms with van der Waals surface area (Å²) in [4.78, 5) is 2.61. The van der Waals surface area contributed by atoms with Crippen LogP contribution in [0.4, 0.5) is 0 Å². The standard InChI is InChI=1S/C22H27N/c1-18-9-6-10-19(2)22(18)15-7-13-21-14-8-16-23(21)17-20-11-4-3-5-12-20/h3-7,9-13,21H,8,14-17H2,1-2H3/b13-7+. The molecule has 1 fully saturated rings. The van der Waals surface area contributed by atoms with Crippen LogP contribution in [-0.4, -0.2) is 17.5 Å². The fourth-order valence-corrected chi connectivity index (χ4v) is 3.60. The molecule has 2 aromatic carbocycles. The Morgan fingerprint density at radius 2 is 1.74 bits per heavy atom. The number of likely N-dealkylation sites (tertiary alicyclic amines) is 1. The normalized spacial score (nSPS) is 18.8. The molecular formula is C22H27N. The van der Waals surface area contributed by atoms with Gasteiger partial charge in [-0.05, 0) is 61.9 Å². The zero-order valence-electron chi connectivity index (χ0n) is 14.3. The van der Waals surface area contributed by atoms with Gasteiger partial charge in [-0.3, -0.25) is 4.90 Å². The van der Waals surface area contributed by atoms with Crippen molar-refractivity contribution in [1.82, 2.24) is 4.90 Å². The SMILES string of the molecule is Cc1cccc(C)c1C/C=C/C1CCCN1Cc1ccccc1. The van der Waals surface area contributed by atoms with Crippen molar-refractivity contribution in [1.29, 1.82) is 0 Å². The lowest BCUT2D eigenvalue weighted by molar-refractivity contribution is 0.281. The summed E-state index contributed by atoms with van der Waals surface area (Å²) in [7, 11) is 0. The highest BCUT2D eigenvalue weighted by Crippen LogP contribution is 2.22. The molecule has 1 nitrogen and oxygen atoms in total. The molecule has 2 aromatic rings. The first-order valence-corrected chi connectivity index (χ1v) is 8.74. The van der Waals surface area contributed by atoms with E-state index in [1.54, 1.807) is 0 Å². The summed E-state index contributed by atoms with van der Waals surface area (Å²) in [5.41, 5.74) is 5.71. The number of aryl methyl sites for hydroxylation is 2. The molecule has 1 atom stereocenters. The molecule has 3 rings (SSSR count). The van der Waals surface area contributed by atoms with E-state index in [1.807, 2.05) is 0 Å². The molecule has 1 aliphatic heterocycles. The number of allylic oxidation sites excluding steroid dienone is 1. The first-order valence-electron chi connectivity index (χ1n) is 8.74. The van der Waals surface area contributed by atoms with Gasteiger partial charge in [0.25, 0.3) is 0 Å². The largest absolute Gasteiger partial charge is 0.293 e. The molecule has 1 saturated heterocycles. The third-order valence-electron chi connectivity index (χ3n) is 4.97. The quantitative estimate of drug-likeness (QED) is 0.697. The molecule has 1 heterocycles. The van der Waals surface area contributed by atoms with Crippen LogP contribution in [0.1, 0.15) is 35.1 Å². The Kier molecular flexibility index (Phi) is 5.30. The minimum Gasteiger partial charge on any atom is -0.293 e. The maximum Gasteiger partial charge on any atom is 0.0282 e. The molecule has 0 amide bonds. The third kappa shape index (κ3) is 4.11. The Morgan fingerprint density at radius 1 is 1.00 bits per heavy atom. The Labute approximate surface area is 140 Å². The Balaban J connectivity index is 1.62. The Bertz CT molecular complexity index is 637. The van der Waals surface area contributed by atoms with Crippen LogP contribution in [0.3, 0.4) is 0 Å². The summed E-state index contributed by atoms with van der Waals surface area (Å²) in [6.07, 6.45) is 8.46. The molecule has 0 saturated carbocycles. The summed E-state index contributed by atoms with van der Waals surface area (Å²) in [5.74, 6) is 0. The van der Waals surface area contributed by atoms with E-state index in [1.165, 1.54) is 41.6 Å². The van der Waals surface area contributed by atoms with Gasteiger partial charge in [-0.2, -0.15) is 0 Å². The lowest BCUT2D eigenvalue weighted by Crippen LogP contribution is -2.27. The van der Waals surface area contributed by atoms with E-state index < -0.39 is 0 Å². The van der Waals surface area contributed by atoms with Gasteiger partial charge >= 0.3 is 0 Å². The molecule has 120 valence electrons. The molecule has 23 heavy (non-hydrogen) atoms. The monoisotopic (exact) mass is 305 g/mol. The number of hydrogen-bond donors (Lipinski definition) is 0. The summed E-state index contributed by atoms with van der Waals surface area (Å²) in [6, 6.07) is 18.0. The Morgan fingerprint density at radius 3 is 2.48 bits per heavy atom. The van der Waals surface area contributed by atoms with Crippen LogP contribution < -0.4 is 0 Å². The van der Waals surface area contributed by atoms with Crippen LogP contribution in [0.25, 0.3) is 0 Å². The smallest absolute Gasteiger partial charge is 0.0282 e. The van der Waals surface area contributed by atoms with Crippen LogP contribution in [0.15, 0.2) is 60.7 Å². The van der Waals surface area contributed by atoms with Crippen LogP contribution >= 0.6 is 0 Å². The van der Waals surface area contributed by atoms with Crippen LogP contribution in [0.5, 0.6) is 0 Å². The van der Waals surface area contributed by atoms with E-state index in [9.17, 15) is 0 Å². The molecule has 1 unspecified atom stereocenters. The van der Waals surface area contributed by atoms with Gasteiger partial charge in [0, 0.05) is 12.6 Å². The van der Waals surface area contributed by atoms with Gasteiger partial charge in [0.2, 0.25) is 0 Å². The van der Waals surface area contributed by atoms with Crippen LogP contribution in [0.2, 0.25) is 0 Å². The molecular weight excluding hydrogens is 278 g/mol. The first-order chi connectivity index (χ1) is 11.2. The van der Waals surface area contributed by atoms with E-state index in [0.717, 1.165) is 13.0 Å². The van der Waals surface area contributed by atoms with Gasteiger partial charge in [-0.1, -0.05) is 60.7 Å². The van der Waals surface area contributed by atoms with E-state index >= 15 is 0 Å². The fourth-order valence-electron chi connectivity index (χ4n) is 3.60. The molecule has 0 bridgehead atoms. The van der Waals surface area contributed by atoms with Crippen molar-refractivity contribution in [2.45, 2.75) is 45.7 Å². The second-order valence-corrected chi connectivity index (χ2v) is 6.67. The number of nitrogens with zero attached hydrogens (tertiary/aromatic N) is 1. The van der Waals surface area contributed by atoms with E-state index in [2.05, 4.69) is 79.4 Å². The molecule has 0 N–H and O–H groups in total. The predicted octanol–water partition coefficient (Wildman–Crippen LogP) is 5.07. The maximum absolute atomic E-state index is 2.61. The number of hydrogen-bond acceptors (Lipinski definition) is 1. The highest BCUT2D eigenvalue weighted by molar-refractivity contribution is 5.35. The molecule has 0 radical (unpaired) electrons. The van der Waals surface area contributed by atoms with Crippen molar-refractivity contribution in [2.75, 3.05) is 6.54 Å². The first kappa shape index (κ1) is 16.0. The van der Waals surface area contributed by atoms with E-state index in [0.29, 0.717) is 6.04 Å². The lowest BCUT2D eigenvalue weighted by atomic mass is 9.99. The number of benzene rings is 2. The molecule has 0 aromatic heterocycles. The fraction of sp³-hybridized carbons (Fsp3) is 0.364. The molecule has 1 aliphatic rings. The van der Waals surface area contributed by atoms with Crippen molar-refractivity contribution in [3.05, 3.63) is 82.9 Å². The highest BCUT2D eigenvalue weighted by atomic mass is 15.2. The summed E-state index contributed by atoms with van der Waals surface area (Å²) >= 11 is 0. The van der Waals surface area contributed by atoms with Crippen LogP contribution in [0, 0.1) is 13.8 Å². The van der Waals surface area contributed by atoms with Gasteiger partial charge in [0.15, 0.2) is 0 Å². The molecule has 1 heteroatoms. The van der Waals surface area contributed by atoms with E-state index in [4.69, 9.17) is 0 Å². The van der Waals surface area contributed by atoms with Gasteiger partial charge in [-0.15, -0.1) is 0 Å². The van der Waals surface area contributed by atoms with Crippen LogP contribution in [-0.2, 0) is 13.0 Å². The topological polar surface area (TPSA) is 3.24 Å². The average Bonchev–Trinajstić information content (AvgIpc) is 2.98. The predicted molar refractivity (Wildman–Crippen MR) is 98.6 cm³/mol. The summed E-state index contributed by atoms with van der Waals surface area (Å²) < 4.78 is 0. The van der Waals surface area contributed by atoms with Gasteiger partial charge < -0.3 is 0 Å². The molecule has 0 aliphatic carbocycles. The minimum atomic E-state index is 0.597. The van der Waals surface area contributed by atoms with Crippen molar-refractivity contribution in [2.24, 2.45) is 0 Å². The zero-order valence-corrected chi connectivity index (χ0v) is 14.3. The maximum atomic E-state index is 2.61. The second kappa shape index (κ2) is 7.61. The number of rotatable bonds is 5. The Hall–Kier alpha value is -1.86. The van der Waals surface area contributed by atoms with Crippen molar-refractivity contribution < 1.29 is 0 Å². The summed E-state index contributed by atoms with van der Waals surface area (Å²) in [5, 5.41) is 0. The van der Waals surface area contributed by atoms with E-state index in [-0.39, 0.29) is 0 Å². The average molecular weight is 305 g/mol. The zero-order chi connectivity index (χ0) is 16.1. The van der Waals surface area contributed by atoms with Crippen molar-refractivity contribution in [3.63, 3.8) is 0 Å². The lowest BCUT2D eigenvalue weighted by Gasteiger charge is -2.22. The van der Waals surface area contributed by atoms with Gasteiger partial charge in [0.1, 0.15) is 0 Å². The van der Waals surface area contributed by atoms with Gasteiger partial charge in [-0.25, -0.2) is 0 Å². The molecule has 0 spiro atoms. The van der Waals surface area contributed by atoms with Gasteiger partial charge in [0.05, 0.1) is 0 Å². The third-order valence-corrected chi connectivity index (χ3v) is 4.97. The minimum absolute atomic E-state index is 0.597.